The summed E-state index contributed by atoms with van der Waals surface area (Å²) in [5, 5.41) is 7.43. The number of aromatic nitrogens is 4. The van der Waals surface area contributed by atoms with Gasteiger partial charge in [0, 0.05) is 37.4 Å². The smallest absolute Gasteiger partial charge is 0.246 e. The molecule has 0 radical (unpaired) electrons. The van der Waals surface area contributed by atoms with Gasteiger partial charge in [0.25, 0.3) is 0 Å². The molecule has 0 unspecified atom stereocenters. The van der Waals surface area contributed by atoms with E-state index in [1.165, 1.54) is 17.1 Å². The summed E-state index contributed by atoms with van der Waals surface area (Å²) in [7, 11) is 0. The van der Waals surface area contributed by atoms with Crippen LogP contribution in [0.25, 0.3) is 5.69 Å². The topological polar surface area (TPSA) is 58.9 Å². The SMILES string of the molecule is Fc1ccc(-n2cnc(Nc3cc(C4CC4)nc(N4CC[C@@H](F)C4)c3)n2)cc1F.[HH]. The van der Waals surface area contributed by atoms with Gasteiger partial charge in [-0.15, -0.1) is 5.10 Å². The fraction of sp³-hybridized carbons (Fsp3) is 0.350. The molecule has 3 heterocycles. The zero-order valence-corrected chi connectivity index (χ0v) is 15.5. The lowest BCUT2D eigenvalue weighted by atomic mass is 10.2. The van der Waals surface area contributed by atoms with E-state index in [4.69, 9.17) is 4.98 Å². The van der Waals surface area contributed by atoms with Crippen LogP contribution in [0.3, 0.4) is 0 Å². The molecule has 1 aromatic carbocycles. The summed E-state index contributed by atoms with van der Waals surface area (Å²) < 4.78 is 41.6. The first kappa shape index (κ1) is 18.0. The number of alkyl halides is 1. The molecule has 29 heavy (non-hydrogen) atoms. The van der Waals surface area contributed by atoms with Crippen molar-refractivity contribution in [3.63, 3.8) is 0 Å². The highest BCUT2D eigenvalue weighted by molar-refractivity contribution is 5.61. The minimum absolute atomic E-state index is 0. The number of anilines is 3. The van der Waals surface area contributed by atoms with Crippen LogP contribution in [-0.4, -0.2) is 39.0 Å². The summed E-state index contributed by atoms with van der Waals surface area (Å²) in [6.07, 6.45) is 3.31. The van der Waals surface area contributed by atoms with Crippen molar-refractivity contribution in [2.45, 2.75) is 31.4 Å². The van der Waals surface area contributed by atoms with Crippen LogP contribution < -0.4 is 10.2 Å². The van der Waals surface area contributed by atoms with Gasteiger partial charge in [0.15, 0.2) is 11.6 Å². The summed E-state index contributed by atoms with van der Waals surface area (Å²) in [6.45, 7) is 0.994. The van der Waals surface area contributed by atoms with Gasteiger partial charge in [-0.3, -0.25) is 0 Å². The van der Waals surface area contributed by atoms with Crippen molar-refractivity contribution in [2.75, 3.05) is 23.3 Å². The molecular weight excluding hydrogens is 381 g/mol. The quantitative estimate of drug-likeness (QED) is 0.687. The van der Waals surface area contributed by atoms with Gasteiger partial charge in [-0.25, -0.2) is 22.8 Å². The minimum Gasteiger partial charge on any atom is -0.354 e. The molecule has 2 fully saturated rings. The maximum absolute atomic E-state index is 13.6. The summed E-state index contributed by atoms with van der Waals surface area (Å²) >= 11 is 0. The van der Waals surface area contributed by atoms with E-state index in [1.807, 2.05) is 17.0 Å². The van der Waals surface area contributed by atoms with Crippen LogP contribution in [0.4, 0.5) is 30.6 Å². The van der Waals surface area contributed by atoms with Gasteiger partial charge in [-0.1, -0.05) is 0 Å². The van der Waals surface area contributed by atoms with Crippen LogP contribution in [0.2, 0.25) is 0 Å². The predicted octanol–water partition coefficient (Wildman–Crippen LogP) is 4.36. The average Bonchev–Trinajstić information content (AvgIpc) is 3.31. The number of nitrogens with one attached hydrogen (secondary N) is 1. The van der Waals surface area contributed by atoms with E-state index >= 15 is 0 Å². The third-order valence-corrected chi connectivity index (χ3v) is 5.20. The van der Waals surface area contributed by atoms with E-state index in [1.54, 1.807) is 0 Å². The Morgan fingerprint density at radius 2 is 1.93 bits per heavy atom. The maximum atomic E-state index is 13.6. The normalized spacial score (nSPS) is 19.0. The highest BCUT2D eigenvalue weighted by atomic mass is 19.2. The lowest BCUT2D eigenvalue weighted by Crippen LogP contribution is -2.21. The molecule has 1 N–H and O–H groups in total. The van der Waals surface area contributed by atoms with Crippen LogP contribution in [0.5, 0.6) is 0 Å². The molecule has 0 spiro atoms. The monoisotopic (exact) mass is 402 g/mol. The second kappa shape index (κ2) is 7.06. The molecule has 3 aromatic rings. The van der Waals surface area contributed by atoms with Gasteiger partial charge in [0.05, 0.1) is 12.2 Å². The fourth-order valence-corrected chi connectivity index (χ4v) is 3.49. The Balaban J connectivity index is 0.00000218. The molecule has 0 bridgehead atoms. The van der Waals surface area contributed by atoms with Crippen molar-refractivity contribution >= 4 is 17.5 Å². The van der Waals surface area contributed by atoms with Crippen LogP contribution in [0.15, 0.2) is 36.7 Å². The number of benzene rings is 1. The Hall–Kier alpha value is -3.10. The van der Waals surface area contributed by atoms with E-state index in [9.17, 15) is 13.2 Å². The van der Waals surface area contributed by atoms with Gasteiger partial charge in [-0.05, 0) is 37.5 Å². The summed E-state index contributed by atoms with van der Waals surface area (Å²) in [4.78, 5) is 10.9. The van der Waals surface area contributed by atoms with E-state index in [0.717, 1.165) is 42.2 Å². The molecule has 152 valence electrons. The highest BCUT2D eigenvalue weighted by Gasteiger charge is 2.28. The first-order chi connectivity index (χ1) is 14.0. The van der Waals surface area contributed by atoms with Gasteiger partial charge in [0.1, 0.15) is 18.3 Å². The van der Waals surface area contributed by atoms with E-state index in [0.29, 0.717) is 37.1 Å². The summed E-state index contributed by atoms with van der Waals surface area (Å²) in [5.41, 5.74) is 2.11. The zero-order valence-electron chi connectivity index (χ0n) is 15.5. The zero-order chi connectivity index (χ0) is 20.0. The van der Waals surface area contributed by atoms with Gasteiger partial charge >= 0.3 is 0 Å². The molecule has 1 aliphatic heterocycles. The average molecular weight is 402 g/mol. The maximum Gasteiger partial charge on any atom is 0.246 e. The lowest BCUT2D eigenvalue weighted by molar-refractivity contribution is 0.364. The molecule has 5 rings (SSSR count). The lowest BCUT2D eigenvalue weighted by Gasteiger charge is -2.18. The van der Waals surface area contributed by atoms with Gasteiger partial charge in [0.2, 0.25) is 5.95 Å². The summed E-state index contributed by atoms with van der Waals surface area (Å²) in [5.74, 6) is -0.360. The third-order valence-electron chi connectivity index (χ3n) is 5.20. The molecule has 1 saturated carbocycles. The number of halogens is 3. The molecule has 2 aliphatic rings. The highest BCUT2D eigenvalue weighted by Crippen LogP contribution is 2.41. The molecular formula is C20H21F3N6. The first-order valence-electron chi connectivity index (χ1n) is 9.60. The molecule has 2 aromatic heterocycles. The van der Waals surface area contributed by atoms with E-state index < -0.39 is 17.8 Å². The second-order valence-corrected chi connectivity index (χ2v) is 7.48. The Labute approximate surface area is 166 Å². The van der Waals surface area contributed by atoms with E-state index in [-0.39, 0.29) is 1.43 Å². The van der Waals surface area contributed by atoms with Crippen LogP contribution in [0.1, 0.15) is 32.3 Å². The number of pyridine rings is 1. The summed E-state index contributed by atoms with van der Waals surface area (Å²) in [6, 6.07) is 7.35. The number of hydrogen-bond acceptors (Lipinski definition) is 5. The molecule has 6 nitrogen and oxygen atoms in total. The Morgan fingerprint density at radius 1 is 1.07 bits per heavy atom. The Kier molecular flexibility index (Phi) is 4.37. The van der Waals surface area contributed by atoms with Crippen molar-refractivity contribution in [3.8, 4) is 5.69 Å². The predicted molar refractivity (Wildman–Crippen MR) is 105 cm³/mol. The van der Waals surface area contributed by atoms with Crippen molar-refractivity contribution in [1.29, 1.82) is 0 Å². The van der Waals surface area contributed by atoms with Gasteiger partial charge in [-0.2, -0.15) is 4.98 Å². The molecule has 1 saturated heterocycles. The molecule has 1 aliphatic carbocycles. The van der Waals surface area contributed by atoms with Crippen LogP contribution in [-0.2, 0) is 0 Å². The Morgan fingerprint density at radius 3 is 2.66 bits per heavy atom. The van der Waals surface area contributed by atoms with Crippen molar-refractivity contribution in [3.05, 3.63) is 54.0 Å². The van der Waals surface area contributed by atoms with Gasteiger partial charge < -0.3 is 10.2 Å². The first-order valence-corrected chi connectivity index (χ1v) is 9.60. The van der Waals surface area contributed by atoms with Crippen molar-refractivity contribution in [2.24, 2.45) is 0 Å². The molecule has 0 amide bonds. The standard InChI is InChI=1S/C20H19F3N6.H2/c21-13-5-6-28(10-13)19-8-14(7-18(26-19)12-1-2-12)25-20-24-11-29(27-20)15-3-4-16(22)17(23)9-15;/h3-4,7-9,11-13H,1-2,5-6,10H2,(H,25,26,27);1H/t13-;/m1./s1. The fourth-order valence-electron chi connectivity index (χ4n) is 3.49. The number of hydrogen-bond donors (Lipinski definition) is 1. The minimum atomic E-state index is -0.947. The van der Waals surface area contributed by atoms with E-state index in [2.05, 4.69) is 15.4 Å². The second-order valence-electron chi connectivity index (χ2n) is 7.48. The number of nitrogens with zero attached hydrogens (tertiary/aromatic N) is 5. The van der Waals surface area contributed by atoms with Crippen molar-refractivity contribution < 1.29 is 14.6 Å². The Bertz CT molecular complexity index is 1050. The molecule has 9 heteroatoms. The number of rotatable bonds is 5. The van der Waals surface area contributed by atoms with Crippen LogP contribution >= 0.6 is 0 Å². The third kappa shape index (κ3) is 3.76. The van der Waals surface area contributed by atoms with Crippen LogP contribution in [0, 0.1) is 11.6 Å². The molecule has 1 atom stereocenters. The largest absolute Gasteiger partial charge is 0.354 e. The van der Waals surface area contributed by atoms with Crippen molar-refractivity contribution in [1.82, 2.24) is 19.7 Å².